The van der Waals surface area contributed by atoms with Crippen LogP contribution in [-0.4, -0.2) is 9.13 Å². The van der Waals surface area contributed by atoms with Gasteiger partial charge in [0.05, 0.1) is 27.8 Å². The molecule has 0 N–H and O–H groups in total. The van der Waals surface area contributed by atoms with Gasteiger partial charge in [-0.1, -0.05) is 182 Å². The van der Waals surface area contributed by atoms with Crippen molar-refractivity contribution >= 4 is 63.7 Å². The quantitative estimate of drug-likeness (QED) is 0.122. The van der Waals surface area contributed by atoms with Crippen LogP contribution in [0.4, 0.5) is 0 Å². The lowest BCUT2D eigenvalue weighted by molar-refractivity contribution is 1.15. The molecule has 0 saturated carbocycles. The van der Waals surface area contributed by atoms with Crippen molar-refractivity contribution in [3.8, 4) is 22.5 Å². The van der Waals surface area contributed by atoms with Crippen LogP contribution >= 0.6 is 20.1 Å². The SMILES string of the molecule is c1ccc(-c2cccc(S(c3ccccc3)(c3ccccc3)c3ccc(-n4c5ccccc5c5c(-n6c7ccccc7c7c(S(c8ccccc8)(c8ccccc8)c8ccccc8)cccc76)cccc54)cc3)c2)cc1. The summed E-state index contributed by atoms with van der Waals surface area (Å²) in [6, 6.07) is 117. The summed E-state index contributed by atoms with van der Waals surface area (Å²) in [4.78, 5) is 10.4. The zero-order valence-electron chi connectivity index (χ0n) is 41.7. The first-order valence-electron chi connectivity index (χ1n) is 26.0. The van der Waals surface area contributed by atoms with Gasteiger partial charge in [0.1, 0.15) is 0 Å². The Balaban J connectivity index is 0.997. The highest BCUT2D eigenvalue weighted by molar-refractivity contribution is 8.34. The van der Waals surface area contributed by atoms with E-state index in [0.29, 0.717) is 0 Å². The van der Waals surface area contributed by atoms with E-state index in [-0.39, 0.29) is 0 Å². The monoisotopic (exact) mass is 1010 g/mol. The minimum atomic E-state index is -2.01. The van der Waals surface area contributed by atoms with Gasteiger partial charge < -0.3 is 9.13 Å². The average molecular weight is 1010 g/mol. The lowest BCUT2D eigenvalue weighted by atomic mass is 10.1. The zero-order chi connectivity index (χ0) is 50.5. The molecule has 0 amide bonds. The summed E-state index contributed by atoms with van der Waals surface area (Å²) in [5.41, 5.74) is 9.38. The molecule has 12 aromatic carbocycles. The van der Waals surface area contributed by atoms with E-state index >= 15 is 0 Å². The van der Waals surface area contributed by atoms with Crippen LogP contribution in [0.1, 0.15) is 0 Å². The number of para-hydroxylation sites is 2. The van der Waals surface area contributed by atoms with E-state index in [1.807, 2.05) is 0 Å². The van der Waals surface area contributed by atoms with E-state index < -0.39 is 20.1 Å². The molecule has 14 aromatic rings. The fraction of sp³-hybridized carbons (Fsp3) is 0. The molecule has 0 aliphatic heterocycles. The Morgan fingerprint density at radius 3 is 1.13 bits per heavy atom. The fourth-order valence-corrected chi connectivity index (χ4v) is 20.0. The average Bonchev–Trinajstić information content (AvgIpc) is 4.16. The van der Waals surface area contributed by atoms with E-state index in [9.17, 15) is 0 Å². The molecule has 0 bridgehead atoms. The highest BCUT2D eigenvalue weighted by Gasteiger charge is 2.37. The van der Waals surface area contributed by atoms with Crippen molar-refractivity contribution < 1.29 is 0 Å². The molecule has 0 radical (unpaired) electrons. The zero-order valence-corrected chi connectivity index (χ0v) is 43.4. The van der Waals surface area contributed by atoms with E-state index in [1.54, 1.807) is 0 Å². The molecule has 76 heavy (non-hydrogen) atoms. The minimum Gasteiger partial charge on any atom is -0.309 e. The molecule has 2 aromatic heterocycles. The Morgan fingerprint density at radius 1 is 0.224 bits per heavy atom. The van der Waals surface area contributed by atoms with Gasteiger partial charge in [-0.25, -0.2) is 0 Å². The second-order valence-electron chi connectivity index (χ2n) is 19.2. The topological polar surface area (TPSA) is 9.86 Å². The van der Waals surface area contributed by atoms with Gasteiger partial charge in [-0.2, -0.15) is 0 Å². The Hall–Kier alpha value is -9.06. The second kappa shape index (κ2) is 19.0. The number of rotatable bonds is 11. The molecule has 0 aliphatic carbocycles. The standard InChI is InChI=1S/C72H52N2S2/c1-7-26-53(27-8-1)54-28-23-39-62(52-54)75(56-29-9-2-10-30-56,57-31-11-3-12-32-57)61-50-48-55(49-51-61)73-65-42-21-19-40-63(65)71-67(73)44-24-45-68(71)74-66-43-22-20-41-64(66)72-69(74)46-25-47-70(72)76(58-33-13-4-14-34-58,59-35-15-5-16-36-59)60-37-17-6-18-38-60/h1-52H. The van der Waals surface area contributed by atoms with Crippen LogP contribution in [0.3, 0.4) is 0 Å². The summed E-state index contributed by atoms with van der Waals surface area (Å²) in [5.74, 6) is 0. The molecule has 0 unspecified atom stereocenters. The molecule has 4 heteroatoms. The number of hydrogen-bond acceptors (Lipinski definition) is 0. The van der Waals surface area contributed by atoms with Crippen molar-refractivity contribution in [2.24, 2.45) is 0 Å². The van der Waals surface area contributed by atoms with E-state index in [0.717, 1.165) is 16.9 Å². The van der Waals surface area contributed by atoms with Gasteiger partial charge in [-0.3, -0.25) is 0 Å². The summed E-state index contributed by atoms with van der Waals surface area (Å²) in [6.45, 7) is 0. The third-order valence-electron chi connectivity index (χ3n) is 15.1. The van der Waals surface area contributed by atoms with Gasteiger partial charge in [0, 0.05) is 66.4 Å². The molecule has 14 rings (SSSR count). The molecular weight excluding hydrogens is 957 g/mol. The molecule has 362 valence electrons. The predicted molar refractivity (Wildman–Crippen MR) is 321 cm³/mol. The first-order chi connectivity index (χ1) is 37.7. The maximum atomic E-state index is 2.54. The smallest absolute Gasteiger partial charge is 0.0562 e. The normalized spacial score (nSPS) is 12.4. The van der Waals surface area contributed by atoms with E-state index in [2.05, 4.69) is 325 Å². The van der Waals surface area contributed by atoms with Crippen LogP contribution in [0.25, 0.3) is 66.1 Å². The van der Waals surface area contributed by atoms with E-state index in [1.165, 1.54) is 88.4 Å². The Morgan fingerprint density at radius 2 is 0.592 bits per heavy atom. The van der Waals surface area contributed by atoms with Crippen molar-refractivity contribution in [2.45, 2.75) is 39.2 Å². The predicted octanol–water partition coefficient (Wildman–Crippen LogP) is 20.2. The van der Waals surface area contributed by atoms with E-state index in [4.69, 9.17) is 0 Å². The van der Waals surface area contributed by atoms with Gasteiger partial charge in [0.25, 0.3) is 0 Å². The van der Waals surface area contributed by atoms with Crippen molar-refractivity contribution in [1.29, 1.82) is 0 Å². The molecule has 2 nitrogen and oxygen atoms in total. The Kier molecular flexibility index (Phi) is 11.4. The van der Waals surface area contributed by atoms with Crippen molar-refractivity contribution in [3.63, 3.8) is 0 Å². The number of aromatic nitrogens is 2. The summed E-state index contributed by atoms with van der Waals surface area (Å²) >= 11 is 0. The maximum absolute atomic E-state index is 2.54. The largest absolute Gasteiger partial charge is 0.309 e. The molecule has 2 heterocycles. The van der Waals surface area contributed by atoms with Gasteiger partial charge in [0.2, 0.25) is 0 Å². The van der Waals surface area contributed by atoms with Crippen LogP contribution in [0, 0.1) is 0 Å². The Labute approximate surface area is 447 Å². The second-order valence-corrected chi connectivity index (χ2v) is 25.4. The molecule has 0 fully saturated rings. The number of fused-ring (bicyclic) bond motifs is 6. The van der Waals surface area contributed by atoms with Gasteiger partial charge >= 0.3 is 0 Å². The number of benzene rings is 12. The lowest BCUT2D eigenvalue weighted by Crippen LogP contribution is -2.06. The first-order valence-corrected chi connectivity index (χ1v) is 29.2. The molecule has 0 spiro atoms. The van der Waals surface area contributed by atoms with Gasteiger partial charge in [0.15, 0.2) is 0 Å². The molecule has 0 aliphatic rings. The van der Waals surface area contributed by atoms with Crippen LogP contribution in [-0.2, 0) is 0 Å². The van der Waals surface area contributed by atoms with Gasteiger partial charge in [-0.05, 0) is 145 Å². The first kappa shape index (κ1) is 45.5. The Bertz CT molecular complexity index is 4230. The molecule has 0 atom stereocenters. The number of nitrogens with zero attached hydrogens (tertiary/aromatic N) is 2. The van der Waals surface area contributed by atoms with Crippen LogP contribution in [0.5, 0.6) is 0 Å². The van der Waals surface area contributed by atoms with Crippen molar-refractivity contribution in [2.75, 3.05) is 0 Å². The van der Waals surface area contributed by atoms with Crippen molar-refractivity contribution in [3.05, 3.63) is 315 Å². The van der Waals surface area contributed by atoms with Crippen LogP contribution < -0.4 is 0 Å². The maximum Gasteiger partial charge on any atom is 0.0562 e. The third-order valence-corrected chi connectivity index (χ3v) is 23.0. The lowest BCUT2D eigenvalue weighted by Gasteiger charge is -2.42. The summed E-state index contributed by atoms with van der Waals surface area (Å²) < 4.78 is 5.02. The third kappa shape index (κ3) is 7.13. The molecular formula is C72H52N2S2. The van der Waals surface area contributed by atoms with Gasteiger partial charge in [-0.15, -0.1) is 20.1 Å². The highest BCUT2D eigenvalue weighted by Crippen LogP contribution is 2.76. The fourth-order valence-electron chi connectivity index (χ4n) is 12.0. The summed E-state index contributed by atoms with van der Waals surface area (Å²) in [7, 11) is -3.97. The summed E-state index contributed by atoms with van der Waals surface area (Å²) in [6.07, 6.45) is 0. The van der Waals surface area contributed by atoms with Crippen LogP contribution in [0.15, 0.2) is 355 Å². The summed E-state index contributed by atoms with van der Waals surface area (Å²) in [5, 5.41) is 4.94. The van der Waals surface area contributed by atoms with Crippen molar-refractivity contribution in [1.82, 2.24) is 9.13 Å². The minimum absolute atomic E-state index is 1.12. The molecule has 0 saturated heterocycles. The highest BCUT2D eigenvalue weighted by atomic mass is 32.3. The van der Waals surface area contributed by atoms with Crippen LogP contribution in [0.2, 0.25) is 0 Å². The number of hydrogen-bond donors (Lipinski definition) is 0.